The van der Waals surface area contributed by atoms with E-state index in [4.69, 9.17) is 11.6 Å². The molecule has 1 N–H and O–H groups in total. The molecule has 12 heteroatoms. The maximum atomic E-state index is 13.9. The van der Waals surface area contributed by atoms with Crippen molar-refractivity contribution in [3.8, 4) is 0 Å². The Morgan fingerprint density at radius 2 is 1.87 bits per heavy atom. The molecule has 0 bridgehead atoms. The number of halogens is 3. The molecule has 1 aliphatic rings. The average Bonchev–Trinajstić information content (AvgIpc) is 3.24. The molecule has 4 aromatic rings. The van der Waals surface area contributed by atoms with Gasteiger partial charge in [0.25, 0.3) is 11.5 Å². The van der Waals surface area contributed by atoms with Gasteiger partial charge in [0.1, 0.15) is 23.0 Å². The van der Waals surface area contributed by atoms with E-state index in [1.807, 2.05) is 24.3 Å². The first kappa shape index (κ1) is 25.8. The highest BCUT2D eigenvalue weighted by molar-refractivity contribution is 7.20. The van der Waals surface area contributed by atoms with Gasteiger partial charge in [-0.1, -0.05) is 17.7 Å². The summed E-state index contributed by atoms with van der Waals surface area (Å²) in [6.45, 7) is 3.57. The number of carbonyl (C=O) groups is 2. The van der Waals surface area contributed by atoms with Crippen molar-refractivity contribution in [1.82, 2.24) is 14.5 Å². The van der Waals surface area contributed by atoms with E-state index in [2.05, 4.69) is 15.2 Å². The van der Waals surface area contributed by atoms with E-state index >= 15 is 0 Å². The van der Waals surface area contributed by atoms with Crippen LogP contribution in [0.25, 0.3) is 10.2 Å². The summed E-state index contributed by atoms with van der Waals surface area (Å²) in [6.07, 6.45) is 1.22. The molecule has 0 saturated carbocycles. The summed E-state index contributed by atoms with van der Waals surface area (Å²) >= 11 is 7.25. The van der Waals surface area contributed by atoms with Gasteiger partial charge in [-0.05, 0) is 42.8 Å². The lowest BCUT2D eigenvalue weighted by molar-refractivity contribution is -0.116. The highest BCUT2D eigenvalue weighted by Gasteiger charge is 2.27. The predicted molar refractivity (Wildman–Crippen MR) is 143 cm³/mol. The van der Waals surface area contributed by atoms with Crippen LogP contribution in [0.5, 0.6) is 0 Å². The summed E-state index contributed by atoms with van der Waals surface area (Å²) in [5.41, 5.74) is 0.819. The van der Waals surface area contributed by atoms with Crippen LogP contribution in [0.1, 0.15) is 15.2 Å². The SMILES string of the molecule is Cc1c(C(=O)N2CCN(c3cccc(Cl)c3)CC2)sc2ncn(CC(=O)Nc3ccc(F)cc3F)c(=O)c12. The topological polar surface area (TPSA) is 87.5 Å². The van der Waals surface area contributed by atoms with Crippen LogP contribution in [-0.2, 0) is 11.3 Å². The first-order valence-electron chi connectivity index (χ1n) is 11.7. The average molecular weight is 558 g/mol. The molecule has 38 heavy (non-hydrogen) atoms. The summed E-state index contributed by atoms with van der Waals surface area (Å²) < 4.78 is 28.1. The molecule has 2 aromatic heterocycles. The van der Waals surface area contributed by atoms with Crippen LogP contribution in [0.15, 0.2) is 53.6 Å². The first-order valence-corrected chi connectivity index (χ1v) is 12.9. The molecule has 1 fully saturated rings. The second kappa shape index (κ2) is 10.5. The van der Waals surface area contributed by atoms with Gasteiger partial charge >= 0.3 is 0 Å². The minimum Gasteiger partial charge on any atom is -0.368 e. The van der Waals surface area contributed by atoms with E-state index in [1.165, 1.54) is 6.33 Å². The van der Waals surface area contributed by atoms with Gasteiger partial charge in [0.15, 0.2) is 0 Å². The Morgan fingerprint density at radius 1 is 1.11 bits per heavy atom. The second-order valence-electron chi connectivity index (χ2n) is 8.85. The van der Waals surface area contributed by atoms with Crippen LogP contribution in [0.4, 0.5) is 20.2 Å². The molecule has 0 spiro atoms. The van der Waals surface area contributed by atoms with E-state index in [0.717, 1.165) is 33.7 Å². The number of fused-ring (bicyclic) bond motifs is 1. The molecule has 196 valence electrons. The first-order chi connectivity index (χ1) is 18.2. The third-order valence-corrected chi connectivity index (χ3v) is 7.79. The van der Waals surface area contributed by atoms with E-state index in [-0.39, 0.29) is 17.0 Å². The monoisotopic (exact) mass is 557 g/mol. The van der Waals surface area contributed by atoms with E-state index in [9.17, 15) is 23.2 Å². The van der Waals surface area contributed by atoms with Crippen molar-refractivity contribution in [3.63, 3.8) is 0 Å². The molecule has 5 rings (SSSR count). The number of hydrogen-bond donors (Lipinski definition) is 1. The van der Waals surface area contributed by atoms with Crippen LogP contribution in [0.2, 0.25) is 5.02 Å². The van der Waals surface area contributed by atoms with Gasteiger partial charge in [-0.2, -0.15) is 0 Å². The summed E-state index contributed by atoms with van der Waals surface area (Å²) in [5, 5.41) is 3.24. The lowest BCUT2D eigenvalue weighted by Gasteiger charge is -2.36. The molecule has 8 nitrogen and oxygen atoms in total. The number of aromatic nitrogens is 2. The van der Waals surface area contributed by atoms with Gasteiger partial charge in [-0.25, -0.2) is 13.8 Å². The number of rotatable bonds is 5. The van der Waals surface area contributed by atoms with Gasteiger partial charge in [-0.3, -0.25) is 19.0 Å². The smallest absolute Gasteiger partial charge is 0.264 e. The normalized spacial score (nSPS) is 13.7. The molecule has 0 aliphatic carbocycles. The molecule has 2 aromatic carbocycles. The quantitative estimate of drug-likeness (QED) is 0.395. The summed E-state index contributed by atoms with van der Waals surface area (Å²) in [5.74, 6) is -2.55. The van der Waals surface area contributed by atoms with E-state index in [1.54, 1.807) is 11.8 Å². The van der Waals surface area contributed by atoms with Crippen molar-refractivity contribution in [2.45, 2.75) is 13.5 Å². The summed E-state index contributed by atoms with van der Waals surface area (Å²) in [4.78, 5) is 48.0. The molecular formula is C26H22ClF2N5O3S. The largest absolute Gasteiger partial charge is 0.368 e. The van der Waals surface area contributed by atoms with Gasteiger partial charge < -0.3 is 15.1 Å². The van der Waals surface area contributed by atoms with Gasteiger partial charge in [0.05, 0.1) is 22.3 Å². The maximum absolute atomic E-state index is 13.9. The minimum absolute atomic E-state index is 0.174. The molecular weight excluding hydrogens is 536 g/mol. The second-order valence-corrected chi connectivity index (χ2v) is 10.3. The zero-order valence-corrected chi connectivity index (χ0v) is 21.8. The van der Waals surface area contributed by atoms with Crippen LogP contribution in [0.3, 0.4) is 0 Å². The fourth-order valence-corrected chi connectivity index (χ4v) is 5.69. The Bertz CT molecular complexity index is 1610. The third-order valence-electron chi connectivity index (χ3n) is 6.37. The van der Waals surface area contributed by atoms with Crippen molar-refractivity contribution >= 4 is 56.3 Å². The Kier molecular flexibility index (Phi) is 7.13. The van der Waals surface area contributed by atoms with Gasteiger partial charge in [0, 0.05) is 43.0 Å². The lowest BCUT2D eigenvalue weighted by Crippen LogP contribution is -2.48. The zero-order valence-electron chi connectivity index (χ0n) is 20.2. The van der Waals surface area contributed by atoms with Crippen LogP contribution in [-0.4, -0.2) is 52.4 Å². The Hall–Kier alpha value is -3.83. The number of nitrogens with zero attached hydrogens (tertiary/aromatic N) is 4. The minimum atomic E-state index is -0.926. The fraction of sp³-hybridized carbons (Fsp3) is 0.231. The highest BCUT2D eigenvalue weighted by atomic mass is 35.5. The number of piperazine rings is 1. The number of nitrogens with one attached hydrogen (secondary N) is 1. The Labute approximate surface area is 225 Å². The third kappa shape index (κ3) is 5.11. The van der Waals surface area contributed by atoms with Crippen LogP contribution in [0, 0.1) is 18.6 Å². The number of thiophene rings is 1. The molecule has 3 heterocycles. The molecule has 0 radical (unpaired) electrons. The number of anilines is 2. The van der Waals surface area contributed by atoms with Crippen molar-refractivity contribution < 1.29 is 18.4 Å². The molecule has 2 amide bonds. The standard InChI is InChI=1S/C26H22ClF2N5O3S/c1-15-22-24(30-14-34(25(22)36)13-21(35)31-20-6-5-17(28)12-19(20)29)38-23(15)26(37)33-9-7-32(8-10-33)18-4-2-3-16(27)11-18/h2-6,11-12,14H,7-10,13H2,1H3,(H,31,35). The number of benzene rings is 2. The van der Waals surface area contributed by atoms with Crippen LogP contribution < -0.4 is 15.8 Å². The number of aryl methyl sites for hydroxylation is 1. The number of hydrogen-bond acceptors (Lipinski definition) is 6. The summed E-state index contributed by atoms with van der Waals surface area (Å²) in [7, 11) is 0. The molecule has 1 aliphatic heterocycles. The summed E-state index contributed by atoms with van der Waals surface area (Å²) in [6, 6.07) is 10.3. The highest BCUT2D eigenvalue weighted by Crippen LogP contribution is 2.29. The number of amides is 2. The predicted octanol–water partition coefficient (Wildman–Crippen LogP) is 4.30. The zero-order chi connectivity index (χ0) is 27.0. The van der Waals surface area contributed by atoms with E-state index in [0.29, 0.717) is 52.5 Å². The van der Waals surface area contributed by atoms with Gasteiger partial charge in [-0.15, -0.1) is 11.3 Å². The lowest BCUT2D eigenvalue weighted by atomic mass is 10.2. The van der Waals surface area contributed by atoms with Crippen molar-refractivity contribution in [2.75, 3.05) is 36.4 Å². The van der Waals surface area contributed by atoms with Crippen molar-refractivity contribution in [2.24, 2.45) is 0 Å². The number of carbonyl (C=O) groups excluding carboxylic acids is 2. The van der Waals surface area contributed by atoms with Gasteiger partial charge in [0.2, 0.25) is 5.91 Å². The molecule has 0 unspecified atom stereocenters. The Morgan fingerprint density at radius 3 is 2.58 bits per heavy atom. The fourth-order valence-electron chi connectivity index (χ4n) is 4.40. The van der Waals surface area contributed by atoms with E-state index < -0.39 is 29.6 Å². The van der Waals surface area contributed by atoms with Crippen molar-refractivity contribution in [3.05, 3.63) is 86.2 Å². The Balaban J connectivity index is 1.31. The molecule has 0 atom stereocenters. The molecule has 1 saturated heterocycles. The van der Waals surface area contributed by atoms with Crippen molar-refractivity contribution in [1.29, 1.82) is 0 Å². The maximum Gasteiger partial charge on any atom is 0.264 e. The van der Waals surface area contributed by atoms with Crippen LogP contribution >= 0.6 is 22.9 Å².